The highest BCUT2D eigenvalue weighted by Crippen LogP contribution is 2.50. The van der Waals surface area contributed by atoms with Crippen LogP contribution in [0.2, 0.25) is 0 Å². The first-order valence-corrected chi connectivity index (χ1v) is 8.03. The van der Waals surface area contributed by atoms with E-state index in [0.29, 0.717) is 6.10 Å². The van der Waals surface area contributed by atoms with Gasteiger partial charge >= 0.3 is 0 Å². The summed E-state index contributed by atoms with van der Waals surface area (Å²) in [6.45, 7) is 6.12. The van der Waals surface area contributed by atoms with Crippen molar-refractivity contribution in [3.8, 4) is 0 Å². The summed E-state index contributed by atoms with van der Waals surface area (Å²) < 4.78 is 12.0. The minimum Gasteiger partial charge on any atom is -0.498 e. The van der Waals surface area contributed by atoms with E-state index in [0.717, 1.165) is 31.3 Å². The van der Waals surface area contributed by atoms with E-state index in [2.05, 4.69) is 13.8 Å². The Morgan fingerprint density at radius 3 is 2.50 bits per heavy atom. The van der Waals surface area contributed by atoms with Gasteiger partial charge in [0.05, 0.1) is 18.0 Å². The fourth-order valence-electron chi connectivity index (χ4n) is 4.13. The molecule has 3 nitrogen and oxygen atoms in total. The molecule has 0 aromatic heterocycles. The van der Waals surface area contributed by atoms with E-state index in [1.54, 1.807) is 6.26 Å². The van der Waals surface area contributed by atoms with Crippen LogP contribution < -0.4 is 0 Å². The maximum atomic E-state index is 12.6. The third-order valence-electron chi connectivity index (χ3n) is 5.30. The van der Waals surface area contributed by atoms with Crippen LogP contribution in [0.3, 0.4) is 0 Å². The second kappa shape index (κ2) is 4.87. The van der Waals surface area contributed by atoms with E-state index in [1.165, 1.54) is 19.3 Å². The Morgan fingerprint density at radius 1 is 1.15 bits per heavy atom. The highest BCUT2D eigenvalue weighted by Gasteiger charge is 2.56. The number of rotatable bonds is 2. The van der Waals surface area contributed by atoms with Crippen LogP contribution in [0.4, 0.5) is 0 Å². The van der Waals surface area contributed by atoms with Crippen molar-refractivity contribution in [3.05, 3.63) is 11.8 Å². The van der Waals surface area contributed by atoms with Gasteiger partial charge in [-0.2, -0.15) is 0 Å². The Balaban J connectivity index is 1.79. The first kappa shape index (κ1) is 14.1. The number of ether oxygens (including phenoxy) is 2. The van der Waals surface area contributed by atoms with Crippen LogP contribution >= 0.6 is 0 Å². The first-order chi connectivity index (χ1) is 9.42. The monoisotopic (exact) mass is 278 g/mol. The Morgan fingerprint density at radius 2 is 1.85 bits per heavy atom. The summed E-state index contributed by atoms with van der Waals surface area (Å²) in [6, 6.07) is 0. The second-order valence-electron chi connectivity index (χ2n) is 7.33. The van der Waals surface area contributed by atoms with Crippen LogP contribution in [0.15, 0.2) is 11.8 Å². The van der Waals surface area contributed by atoms with Gasteiger partial charge in [-0.05, 0) is 59.3 Å². The zero-order chi connectivity index (χ0) is 14.4. The number of hydrogen-bond donors (Lipinski definition) is 0. The topological polar surface area (TPSA) is 35.5 Å². The number of ketones is 1. The summed E-state index contributed by atoms with van der Waals surface area (Å²) in [7, 11) is 0. The van der Waals surface area contributed by atoms with E-state index in [9.17, 15) is 4.79 Å². The van der Waals surface area contributed by atoms with Crippen molar-refractivity contribution in [1.82, 2.24) is 0 Å². The van der Waals surface area contributed by atoms with Crippen LogP contribution in [0.5, 0.6) is 0 Å². The Bertz CT molecular complexity index is 432. The number of fused-ring (bicyclic) bond motifs is 3. The molecule has 2 aliphatic heterocycles. The molecule has 2 bridgehead atoms. The standard InChI is InChI=1S/C17H26O3/c1-16(2)14-9-10-17(3,20-16)15(18)13(14)11-19-12-7-5-4-6-8-12/h11-12,14H,4-10H2,1-3H3/b13-11-. The van der Waals surface area contributed by atoms with Crippen molar-refractivity contribution < 1.29 is 14.3 Å². The molecule has 4 fully saturated rings. The summed E-state index contributed by atoms with van der Waals surface area (Å²) in [4.78, 5) is 12.6. The second-order valence-corrected chi connectivity index (χ2v) is 7.33. The van der Waals surface area contributed by atoms with Crippen molar-refractivity contribution in [2.24, 2.45) is 5.92 Å². The van der Waals surface area contributed by atoms with Crippen LogP contribution in [-0.4, -0.2) is 23.1 Å². The molecule has 2 unspecified atom stereocenters. The van der Waals surface area contributed by atoms with Gasteiger partial charge in [0.2, 0.25) is 0 Å². The predicted molar refractivity (Wildman–Crippen MR) is 77.3 cm³/mol. The van der Waals surface area contributed by atoms with Gasteiger partial charge in [0.15, 0.2) is 5.78 Å². The molecule has 2 aliphatic carbocycles. The number of Topliss-reactive ketones (excluding diaryl/α,β-unsaturated/α-hetero) is 1. The normalized spacial score (nSPS) is 39.2. The molecule has 4 rings (SSSR count). The largest absolute Gasteiger partial charge is 0.498 e. The molecule has 3 heteroatoms. The molecule has 0 radical (unpaired) electrons. The Kier molecular flexibility index (Phi) is 3.44. The molecule has 0 spiro atoms. The predicted octanol–water partition coefficient (Wildman–Crippen LogP) is 3.77. The number of hydrogen-bond acceptors (Lipinski definition) is 3. The van der Waals surface area contributed by atoms with E-state index >= 15 is 0 Å². The van der Waals surface area contributed by atoms with Gasteiger partial charge in [-0.25, -0.2) is 0 Å². The molecule has 112 valence electrons. The van der Waals surface area contributed by atoms with Gasteiger partial charge in [-0.15, -0.1) is 0 Å². The molecule has 2 saturated heterocycles. The Labute approximate surface area is 121 Å². The molecule has 0 amide bonds. The zero-order valence-corrected chi connectivity index (χ0v) is 12.9. The molecule has 0 aromatic carbocycles. The lowest BCUT2D eigenvalue weighted by Crippen LogP contribution is -2.60. The summed E-state index contributed by atoms with van der Waals surface area (Å²) >= 11 is 0. The number of carbonyl (C=O) groups is 1. The first-order valence-electron chi connectivity index (χ1n) is 8.03. The molecule has 0 aromatic rings. The van der Waals surface area contributed by atoms with Crippen molar-refractivity contribution >= 4 is 5.78 Å². The highest BCUT2D eigenvalue weighted by molar-refractivity contribution is 6.03. The fraction of sp³-hybridized carbons (Fsp3) is 0.824. The lowest BCUT2D eigenvalue weighted by atomic mass is 9.65. The minimum atomic E-state index is -0.639. The van der Waals surface area contributed by atoms with E-state index in [-0.39, 0.29) is 17.3 Å². The summed E-state index contributed by atoms with van der Waals surface area (Å²) in [5, 5.41) is 0. The van der Waals surface area contributed by atoms with Gasteiger partial charge in [-0.3, -0.25) is 4.79 Å². The average molecular weight is 278 g/mol. The van der Waals surface area contributed by atoms with Crippen molar-refractivity contribution in [1.29, 1.82) is 0 Å². The van der Waals surface area contributed by atoms with Crippen molar-refractivity contribution in [2.45, 2.75) is 83.0 Å². The highest BCUT2D eigenvalue weighted by atomic mass is 16.5. The molecular formula is C17H26O3. The summed E-state index contributed by atoms with van der Waals surface area (Å²) in [5.74, 6) is 0.323. The van der Waals surface area contributed by atoms with E-state index < -0.39 is 5.60 Å². The molecular weight excluding hydrogens is 252 g/mol. The third-order valence-corrected chi connectivity index (χ3v) is 5.30. The van der Waals surface area contributed by atoms with E-state index in [1.807, 2.05) is 6.92 Å². The van der Waals surface area contributed by atoms with Crippen LogP contribution in [-0.2, 0) is 14.3 Å². The lowest BCUT2D eigenvalue weighted by molar-refractivity contribution is -0.207. The lowest BCUT2D eigenvalue weighted by Gasteiger charge is -2.53. The SMILES string of the molecule is CC12CCC(/C(=C/OC3CCCCC3)C1=O)C(C)(C)O2. The smallest absolute Gasteiger partial charge is 0.193 e. The molecule has 2 heterocycles. The van der Waals surface area contributed by atoms with Gasteiger partial charge in [0.25, 0.3) is 0 Å². The van der Waals surface area contributed by atoms with Crippen LogP contribution in [0.25, 0.3) is 0 Å². The third kappa shape index (κ3) is 2.30. The van der Waals surface area contributed by atoms with Crippen molar-refractivity contribution in [3.63, 3.8) is 0 Å². The van der Waals surface area contributed by atoms with Crippen LogP contribution in [0, 0.1) is 5.92 Å². The van der Waals surface area contributed by atoms with Gasteiger partial charge < -0.3 is 9.47 Å². The summed E-state index contributed by atoms with van der Waals surface area (Å²) in [5.41, 5.74) is -0.0385. The van der Waals surface area contributed by atoms with E-state index in [4.69, 9.17) is 9.47 Å². The number of carbonyl (C=O) groups excluding carboxylic acids is 1. The van der Waals surface area contributed by atoms with Gasteiger partial charge in [0, 0.05) is 11.5 Å². The maximum Gasteiger partial charge on any atom is 0.193 e. The molecule has 20 heavy (non-hydrogen) atoms. The summed E-state index contributed by atoms with van der Waals surface area (Å²) in [6.07, 6.45) is 10.0. The molecule has 4 aliphatic rings. The molecule has 2 atom stereocenters. The fourth-order valence-corrected chi connectivity index (χ4v) is 4.13. The van der Waals surface area contributed by atoms with Crippen molar-refractivity contribution in [2.75, 3.05) is 0 Å². The molecule has 0 N–H and O–H groups in total. The minimum absolute atomic E-state index is 0.142. The quantitative estimate of drug-likeness (QED) is 0.570. The van der Waals surface area contributed by atoms with Crippen LogP contribution in [0.1, 0.15) is 65.7 Å². The zero-order valence-electron chi connectivity index (χ0n) is 12.9. The van der Waals surface area contributed by atoms with Gasteiger partial charge in [0.1, 0.15) is 5.60 Å². The maximum absolute atomic E-state index is 12.6. The molecule has 2 saturated carbocycles. The van der Waals surface area contributed by atoms with Gasteiger partial charge in [-0.1, -0.05) is 6.42 Å². The average Bonchev–Trinajstić information content (AvgIpc) is 2.40. The Hall–Kier alpha value is -0.830.